The second-order valence-corrected chi connectivity index (χ2v) is 5.13. The molecule has 0 aliphatic heterocycles. The van der Waals surface area contributed by atoms with Crippen LogP contribution < -0.4 is 10.5 Å². The number of quaternary nitrogens is 1. The van der Waals surface area contributed by atoms with Crippen LogP contribution in [-0.4, -0.2) is 30.2 Å². The van der Waals surface area contributed by atoms with Crippen LogP contribution in [-0.2, 0) is 6.54 Å². The van der Waals surface area contributed by atoms with Crippen LogP contribution in [0.4, 0.5) is 0 Å². The highest BCUT2D eigenvalue weighted by atomic mass is 32.1. The summed E-state index contributed by atoms with van der Waals surface area (Å²) < 4.78 is 2.16. The number of H-pyrrole nitrogens is 1. The van der Waals surface area contributed by atoms with Crippen LogP contribution in [0.25, 0.3) is 10.9 Å². The fraction of sp³-hybridized carbons (Fsp3) is 0.385. The third kappa shape index (κ3) is 2.68. The van der Waals surface area contributed by atoms with Crippen LogP contribution >= 0.6 is 12.2 Å². The Labute approximate surface area is 111 Å². The molecule has 96 valence electrons. The molecule has 0 bridgehead atoms. The van der Waals surface area contributed by atoms with Gasteiger partial charge in [0.15, 0.2) is 4.77 Å². The Morgan fingerprint density at radius 3 is 2.78 bits per heavy atom. The van der Waals surface area contributed by atoms with E-state index in [0.717, 1.165) is 18.5 Å². The number of benzene rings is 1. The Kier molecular flexibility index (Phi) is 3.93. The molecule has 0 saturated heterocycles. The van der Waals surface area contributed by atoms with Crippen molar-refractivity contribution in [1.29, 1.82) is 0 Å². The van der Waals surface area contributed by atoms with Gasteiger partial charge in [0.25, 0.3) is 5.56 Å². The summed E-state index contributed by atoms with van der Waals surface area (Å²) in [6.07, 6.45) is 0.943. The predicted octanol–water partition coefficient (Wildman–Crippen LogP) is 0.594. The Morgan fingerprint density at radius 2 is 2.06 bits per heavy atom. The molecule has 0 fully saturated rings. The van der Waals surface area contributed by atoms with Crippen molar-refractivity contribution in [1.82, 2.24) is 9.55 Å². The highest BCUT2D eigenvalue weighted by Crippen LogP contribution is 2.05. The molecule has 1 aromatic carbocycles. The fourth-order valence-electron chi connectivity index (χ4n) is 1.99. The Morgan fingerprint density at radius 1 is 1.33 bits per heavy atom. The van der Waals surface area contributed by atoms with Gasteiger partial charge >= 0.3 is 0 Å². The van der Waals surface area contributed by atoms with Gasteiger partial charge in [-0.15, -0.1) is 0 Å². The molecule has 0 atom stereocenters. The zero-order valence-corrected chi connectivity index (χ0v) is 11.5. The average Bonchev–Trinajstić information content (AvgIpc) is 2.33. The van der Waals surface area contributed by atoms with E-state index in [1.165, 1.54) is 4.90 Å². The van der Waals surface area contributed by atoms with E-state index in [4.69, 9.17) is 12.2 Å². The van der Waals surface area contributed by atoms with E-state index in [9.17, 15) is 4.79 Å². The molecular formula is C13H18N3OS+. The summed E-state index contributed by atoms with van der Waals surface area (Å²) in [5.41, 5.74) is 0.810. The molecule has 0 amide bonds. The summed E-state index contributed by atoms with van der Waals surface area (Å²) in [5, 5.41) is 0.698. The normalized spacial score (nSPS) is 11.3. The molecule has 0 saturated carbocycles. The van der Waals surface area contributed by atoms with Crippen molar-refractivity contribution < 1.29 is 4.90 Å². The van der Waals surface area contributed by atoms with Crippen LogP contribution in [0.3, 0.4) is 0 Å². The first-order valence-corrected chi connectivity index (χ1v) is 6.51. The van der Waals surface area contributed by atoms with Gasteiger partial charge in [0.1, 0.15) is 0 Å². The summed E-state index contributed by atoms with van der Waals surface area (Å²) in [6.45, 7) is 1.69. The van der Waals surface area contributed by atoms with Gasteiger partial charge in [0, 0.05) is 13.0 Å². The molecule has 18 heavy (non-hydrogen) atoms. The molecule has 1 heterocycles. The fourth-order valence-corrected chi connectivity index (χ4v) is 2.28. The third-order valence-electron chi connectivity index (χ3n) is 2.95. The second kappa shape index (κ2) is 5.46. The molecule has 4 nitrogen and oxygen atoms in total. The van der Waals surface area contributed by atoms with Crippen molar-refractivity contribution in [3.8, 4) is 0 Å². The molecule has 0 spiro atoms. The van der Waals surface area contributed by atoms with E-state index in [0.29, 0.717) is 16.7 Å². The van der Waals surface area contributed by atoms with Crippen molar-refractivity contribution >= 4 is 23.1 Å². The first kappa shape index (κ1) is 13.0. The van der Waals surface area contributed by atoms with Crippen molar-refractivity contribution in [3.63, 3.8) is 0 Å². The molecule has 2 rings (SSSR count). The summed E-state index contributed by atoms with van der Waals surface area (Å²) in [7, 11) is 4.20. The minimum atomic E-state index is 0.00288. The minimum absolute atomic E-state index is 0.00288. The van der Waals surface area contributed by atoms with Crippen molar-refractivity contribution in [3.05, 3.63) is 39.4 Å². The van der Waals surface area contributed by atoms with E-state index in [1.807, 2.05) is 24.3 Å². The Bertz CT molecular complexity index is 657. The summed E-state index contributed by atoms with van der Waals surface area (Å²) in [4.78, 5) is 16.8. The number of hydrogen-bond acceptors (Lipinski definition) is 2. The summed E-state index contributed by atoms with van der Waals surface area (Å²) in [6, 6.07) is 7.47. The maximum atomic E-state index is 12.3. The van der Waals surface area contributed by atoms with Gasteiger partial charge in [0.05, 0.1) is 31.5 Å². The topological polar surface area (TPSA) is 42.2 Å². The average molecular weight is 264 g/mol. The molecule has 0 unspecified atom stereocenters. The van der Waals surface area contributed by atoms with Crippen LogP contribution in [0.1, 0.15) is 6.42 Å². The third-order valence-corrected chi connectivity index (χ3v) is 3.27. The lowest BCUT2D eigenvalue weighted by atomic mass is 10.2. The van der Waals surface area contributed by atoms with Crippen molar-refractivity contribution in [2.24, 2.45) is 0 Å². The van der Waals surface area contributed by atoms with Gasteiger partial charge < -0.3 is 9.88 Å². The summed E-state index contributed by atoms with van der Waals surface area (Å²) in [5.74, 6) is 0. The zero-order valence-electron chi connectivity index (χ0n) is 10.7. The molecule has 2 aromatic rings. The first-order chi connectivity index (χ1) is 8.59. The van der Waals surface area contributed by atoms with Crippen LogP contribution in [0.15, 0.2) is 29.1 Å². The van der Waals surface area contributed by atoms with Crippen molar-refractivity contribution in [2.45, 2.75) is 13.0 Å². The number of rotatable bonds is 4. The van der Waals surface area contributed by atoms with Crippen LogP contribution in [0.2, 0.25) is 0 Å². The number of fused-ring (bicyclic) bond motifs is 1. The number of hydrogen-bond donors (Lipinski definition) is 2. The first-order valence-electron chi connectivity index (χ1n) is 6.10. The minimum Gasteiger partial charge on any atom is -0.340 e. The standard InChI is InChI=1S/C13H17N3OS/c1-15(2)8-5-9-16-12(17)10-6-3-4-7-11(10)14-13(16)18/h3-4,6-7H,5,8-9H2,1-2H3,(H,14,18)/p+1. The summed E-state index contributed by atoms with van der Waals surface area (Å²) >= 11 is 5.25. The largest absolute Gasteiger partial charge is 0.340 e. The smallest absolute Gasteiger partial charge is 0.262 e. The lowest BCUT2D eigenvalue weighted by Crippen LogP contribution is -3.05. The van der Waals surface area contributed by atoms with Gasteiger partial charge in [0.2, 0.25) is 0 Å². The van der Waals surface area contributed by atoms with Gasteiger partial charge in [-0.05, 0) is 24.4 Å². The molecule has 0 aliphatic carbocycles. The van der Waals surface area contributed by atoms with Crippen LogP contribution in [0.5, 0.6) is 0 Å². The van der Waals surface area contributed by atoms with E-state index in [-0.39, 0.29) is 5.56 Å². The lowest BCUT2D eigenvalue weighted by molar-refractivity contribution is -0.858. The zero-order chi connectivity index (χ0) is 13.1. The van der Waals surface area contributed by atoms with Gasteiger partial charge in [-0.2, -0.15) is 0 Å². The molecule has 0 radical (unpaired) electrons. The van der Waals surface area contributed by atoms with Gasteiger partial charge in [-0.1, -0.05) is 12.1 Å². The Balaban J connectivity index is 2.39. The van der Waals surface area contributed by atoms with E-state index in [1.54, 1.807) is 4.57 Å². The van der Waals surface area contributed by atoms with Crippen LogP contribution in [0, 0.1) is 4.77 Å². The highest BCUT2D eigenvalue weighted by Gasteiger charge is 2.05. The number of aromatic nitrogens is 2. The number of nitrogens with one attached hydrogen (secondary N) is 2. The SMILES string of the molecule is C[NH+](C)CCCn1c(=S)[nH]c2ccccc2c1=O. The van der Waals surface area contributed by atoms with Crippen molar-refractivity contribution in [2.75, 3.05) is 20.6 Å². The van der Waals surface area contributed by atoms with Gasteiger partial charge in [-0.3, -0.25) is 9.36 Å². The molecule has 0 aliphatic rings. The maximum Gasteiger partial charge on any atom is 0.262 e. The second-order valence-electron chi connectivity index (χ2n) is 4.74. The molecule has 1 aromatic heterocycles. The monoisotopic (exact) mass is 264 g/mol. The molecule has 2 N–H and O–H groups in total. The van der Waals surface area contributed by atoms with E-state index >= 15 is 0 Å². The predicted molar refractivity (Wildman–Crippen MR) is 75.7 cm³/mol. The Hall–Kier alpha value is -1.46. The van der Waals surface area contributed by atoms with E-state index in [2.05, 4.69) is 19.1 Å². The van der Waals surface area contributed by atoms with Gasteiger partial charge in [-0.25, -0.2) is 0 Å². The van der Waals surface area contributed by atoms with E-state index < -0.39 is 0 Å². The maximum absolute atomic E-state index is 12.3. The molecule has 5 heteroatoms. The quantitative estimate of drug-likeness (QED) is 0.794. The number of para-hydroxylation sites is 1. The number of nitrogens with zero attached hydrogens (tertiary/aromatic N) is 1. The highest BCUT2D eigenvalue weighted by molar-refractivity contribution is 7.71. The molecular weight excluding hydrogens is 246 g/mol. The number of aromatic amines is 1. The lowest BCUT2D eigenvalue weighted by Gasteiger charge is -2.09.